The number of hydrogen-bond acceptors (Lipinski definition) is 5. The Balaban J connectivity index is 1.80. The zero-order valence-corrected chi connectivity index (χ0v) is 12.1. The highest BCUT2D eigenvalue weighted by Crippen LogP contribution is 2.16. The minimum Gasteiger partial charge on any atom is -0.480 e. The predicted molar refractivity (Wildman–Crippen MR) is 75.9 cm³/mol. The van der Waals surface area contributed by atoms with Gasteiger partial charge in [0.2, 0.25) is 5.91 Å². The molecule has 0 aromatic carbocycles. The third kappa shape index (κ3) is 4.48. The third-order valence-electron chi connectivity index (χ3n) is 3.07. The maximum absolute atomic E-state index is 11.8. The summed E-state index contributed by atoms with van der Waals surface area (Å²) in [4.78, 5) is 42.5. The van der Waals surface area contributed by atoms with E-state index in [0.29, 0.717) is 18.8 Å². The van der Waals surface area contributed by atoms with Crippen LogP contribution in [0.3, 0.4) is 0 Å². The Morgan fingerprint density at radius 2 is 2.38 bits per heavy atom. The first-order chi connectivity index (χ1) is 10.1. The van der Waals surface area contributed by atoms with Gasteiger partial charge in [-0.2, -0.15) is 0 Å². The highest BCUT2D eigenvalue weighted by Gasteiger charge is 2.24. The average molecular weight is 312 g/mol. The number of imidazole rings is 1. The van der Waals surface area contributed by atoms with Crippen LogP contribution < -0.4 is 5.32 Å². The zero-order valence-electron chi connectivity index (χ0n) is 11.2. The molecule has 0 radical (unpaired) electrons. The van der Waals surface area contributed by atoms with Crippen molar-refractivity contribution in [2.24, 2.45) is 0 Å². The summed E-state index contributed by atoms with van der Waals surface area (Å²) in [7, 11) is 0. The van der Waals surface area contributed by atoms with Crippen molar-refractivity contribution < 1.29 is 19.5 Å². The van der Waals surface area contributed by atoms with E-state index in [1.54, 1.807) is 4.90 Å². The van der Waals surface area contributed by atoms with Gasteiger partial charge < -0.3 is 20.3 Å². The van der Waals surface area contributed by atoms with Gasteiger partial charge in [-0.05, 0) is 0 Å². The molecular formula is C12H16N4O4S. The first-order valence-corrected chi connectivity index (χ1v) is 7.46. The molecule has 21 heavy (non-hydrogen) atoms. The molecule has 1 aromatic rings. The minimum atomic E-state index is -1.11. The van der Waals surface area contributed by atoms with E-state index < -0.39 is 12.0 Å². The topological polar surface area (TPSA) is 115 Å². The van der Waals surface area contributed by atoms with Gasteiger partial charge in [-0.25, -0.2) is 9.78 Å². The van der Waals surface area contributed by atoms with Crippen molar-refractivity contribution >= 4 is 28.9 Å². The number of aromatic amines is 1. The van der Waals surface area contributed by atoms with Gasteiger partial charge >= 0.3 is 5.97 Å². The lowest BCUT2D eigenvalue weighted by Gasteiger charge is -2.16. The molecule has 1 saturated heterocycles. The lowest BCUT2D eigenvalue weighted by atomic mass is 10.1. The number of rotatable bonds is 7. The number of carbonyl (C=O) groups excluding carboxylic acids is 2. The minimum absolute atomic E-state index is 0.0324. The number of hydrogen-bond donors (Lipinski definition) is 3. The number of nitrogens with zero attached hydrogens (tertiary/aromatic N) is 2. The van der Waals surface area contributed by atoms with E-state index in [4.69, 9.17) is 5.11 Å². The molecule has 1 atom stereocenters. The van der Waals surface area contributed by atoms with Crippen molar-refractivity contribution in [3.63, 3.8) is 0 Å². The Labute approximate surface area is 125 Å². The standard InChI is InChI=1S/C12H16N4O4S/c17-10(1-2-16-3-4-21-12(16)20)15-9(11(18)19)5-8-6-13-7-14-8/h6-7,9H,1-5H2,(H,13,14)(H,15,17)(H,18,19)/t9-/m1/s1. The van der Waals surface area contributed by atoms with Gasteiger partial charge in [-0.1, -0.05) is 11.8 Å². The molecule has 0 bridgehead atoms. The number of nitrogens with one attached hydrogen (secondary N) is 2. The quantitative estimate of drug-likeness (QED) is 0.657. The lowest BCUT2D eigenvalue weighted by Crippen LogP contribution is -2.43. The van der Waals surface area contributed by atoms with Crippen molar-refractivity contribution in [3.05, 3.63) is 18.2 Å². The van der Waals surface area contributed by atoms with E-state index in [-0.39, 0.29) is 24.0 Å². The molecule has 2 amide bonds. The summed E-state index contributed by atoms with van der Waals surface area (Å²) in [6.07, 6.45) is 3.20. The normalized spacial score (nSPS) is 16.0. The molecule has 114 valence electrons. The second kappa shape index (κ2) is 7.11. The largest absolute Gasteiger partial charge is 0.480 e. The summed E-state index contributed by atoms with van der Waals surface area (Å²) in [6, 6.07) is -1.01. The van der Waals surface area contributed by atoms with Gasteiger partial charge in [0, 0.05) is 43.6 Å². The third-order valence-corrected chi connectivity index (χ3v) is 3.96. The molecule has 1 fully saturated rings. The molecule has 2 rings (SSSR count). The molecule has 3 N–H and O–H groups in total. The summed E-state index contributed by atoms with van der Waals surface area (Å²) in [5.41, 5.74) is 0.633. The number of carbonyl (C=O) groups is 3. The van der Waals surface area contributed by atoms with Crippen molar-refractivity contribution in [1.29, 1.82) is 0 Å². The Morgan fingerprint density at radius 3 is 2.95 bits per heavy atom. The molecule has 0 spiro atoms. The molecule has 1 aliphatic heterocycles. The second-order valence-electron chi connectivity index (χ2n) is 4.59. The van der Waals surface area contributed by atoms with Crippen LogP contribution in [0.25, 0.3) is 0 Å². The molecule has 1 aliphatic rings. The van der Waals surface area contributed by atoms with Crippen LogP contribution in [0.1, 0.15) is 12.1 Å². The van der Waals surface area contributed by atoms with Gasteiger partial charge in [0.15, 0.2) is 0 Å². The van der Waals surface area contributed by atoms with Crippen LogP contribution in [-0.2, 0) is 16.0 Å². The SMILES string of the molecule is O=C(CCN1CCSC1=O)N[C@H](Cc1cnc[nH]1)C(=O)O. The fourth-order valence-electron chi connectivity index (χ4n) is 1.95. The molecule has 2 heterocycles. The average Bonchev–Trinajstić information content (AvgIpc) is 3.07. The van der Waals surface area contributed by atoms with Crippen molar-refractivity contribution in [2.45, 2.75) is 18.9 Å². The van der Waals surface area contributed by atoms with Crippen LogP contribution in [0.4, 0.5) is 4.79 Å². The summed E-state index contributed by atoms with van der Waals surface area (Å²) in [5, 5.41) is 11.6. The summed E-state index contributed by atoms with van der Waals surface area (Å²) < 4.78 is 0. The van der Waals surface area contributed by atoms with Crippen LogP contribution in [0.2, 0.25) is 0 Å². The van der Waals surface area contributed by atoms with Crippen LogP contribution in [-0.4, -0.2) is 62.0 Å². The highest BCUT2D eigenvalue weighted by atomic mass is 32.2. The molecule has 0 saturated carbocycles. The Kier molecular flexibility index (Phi) is 5.20. The fraction of sp³-hybridized carbons (Fsp3) is 0.500. The molecular weight excluding hydrogens is 296 g/mol. The monoisotopic (exact) mass is 312 g/mol. The van der Waals surface area contributed by atoms with Crippen molar-refractivity contribution in [1.82, 2.24) is 20.2 Å². The van der Waals surface area contributed by atoms with Gasteiger partial charge in [0.1, 0.15) is 6.04 Å². The van der Waals surface area contributed by atoms with E-state index in [0.717, 1.165) is 5.75 Å². The van der Waals surface area contributed by atoms with Gasteiger partial charge in [-0.3, -0.25) is 9.59 Å². The molecule has 0 unspecified atom stereocenters. The van der Waals surface area contributed by atoms with E-state index in [2.05, 4.69) is 15.3 Å². The van der Waals surface area contributed by atoms with E-state index in [1.807, 2.05) is 0 Å². The molecule has 9 heteroatoms. The van der Waals surface area contributed by atoms with Crippen LogP contribution >= 0.6 is 11.8 Å². The first kappa shape index (κ1) is 15.4. The first-order valence-electron chi connectivity index (χ1n) is 6.47. The molecule has 8 nitrogen and oxygen atoms in total. The molecule has 1 aromatic heterocycles. The Hall–Kier alpha value is -2.03. The maximum atomic E-state index is 11.8. The maximum Gasteiger partial charge on any atom is 0.326 e. The highest BCUT2D eigenvalue weighted by molar-refractivity contribution is 8.13. The van der Waals surface area contributed by atoms with E-state index >= 15 is 0 Å². The van der Waals surface area contributed by atoms with Gasteiger partial charge in [-0.15, -0.1) is 0 Å². The Bertz CT molecular complexity index is 519. The smallest absolute Gasteiger partial charge is 0.326 e. The van der Waals surface area contributed by atoms with Crippen molar-refractivity contribution in [2.75, 3.05) is 18.8 Å². The number of amides is 2. The number of carboxylic acid groups (broad SMARTS) is 1. The molecule has 0 aliphatic carbocycles. The summed E-state index contributed by atoms with van der Waals surface area (Å²) >= 11 is 1.23. The van der Waals surface area contributed by atoms with Crippen LogP contribution in [0, 0.1) is 0 Å². The van der Waals surface area contributed by atoms with Gasteiger partial charge in [0.25, 0.3) is 5.24 Å². The van der Waals surface area contributed by atoms with Crippen LogP contribution in [0.15, 0.2) is 12.5 Å². The number of thioether (sulfide) groups is 1. The van der Waals surface area contributed by atoms with E-state index in [1.165, 1.54) is 24.3 Å². The number of aliphatic carboxylic acids is 1. The zero-order chi connectivity index (χ0) is 15.2. The van der Waals surface area contributed by atoms with Gasteiger partial charge in [0.05, 0.1) is 6.33 Å². The lowest BCUT2D eigenvalue weighted by molar-refractivity contribution is -0.141. The Morgan fingerprint density at radius 1 is 1.57 bits per heavy atom. The van der Waals surface area contributed by atoms with Crippen LogP contribution in [0.5, 0.6) is 0 Å². The summed E-state index contributed by atoms with van der Waals surface area (Å²) in [5.74, 6) is -0.754. The summed E-state index contributed by atoms with van der Waals surface area (Å²) in [6.45, 7) is 0.946. The predicted octanol–water partition coefficient (Wildman–Crippen LogP) is 0.0805. The second-order valence-corrected chi connectivity index (χ2v) is 5.64. The number of H-pyrrole nitrogens is 1. The number of aromatic nitrogens is 2. The van der Waals surface area contributed by atoms with E-state index in [9.17, 15) is 14.4 Å². The van der Waals surface area contributed by atoms with Crippen molar-refractivity contribution in [3.8, 4) is 0 Å². The fourth-order valence-corrected chi connectivity index (χ4v) is 2.80. The number of carboxylic acids is 1.